The highest BCUT2D eigenvalue weighted by Crippen LogP contribution is 2.12. The van der Waals surface area contributed by atoms with E-state index in [9.17, 15) is 0 Å². The molecule has 0 aliphatic carbocycles. The smallest absolute Gasteiger partial charge is 0.118 e. The Hall–Kier alpha value is -1.80. The Kier molecular flexibility index (Phi) is 6.98. The first-order valence-electron chi connectivity index (χ1n) is 8.22. The molecule has 0 radical (unpaired) electrons. The van der Waals surface area contributed by atoms with Gasteiger partial charge >= 0.3 is 0 Å². The lowest BCUT2D eigenvalue weighted by molar-refractivity contribution is 0.414. The Morgan fingerprint density at radius 3 is 2.32 bits per heavy atom. The molecule has 1 unspecified atom stereocenters. The summed E-state index contributed by atoms with van der Waals surface area (Å²) >= 11 is 0. The molecule has 0 saturated carbocycles. The summed E-state index contributed by atoms with van der Waals surface area (Å²) in [5, 5.41) is 3.71. The first-order chi connectivity index (χ1) is 10.8. The van der Waals surface area contributed by atoms with Crippen LogP contribution in [0.25, 0.3) is 0 Å². The van der Waals surface area contributed by atoms with Crippen molar-refractivity contribution in [2.75, 3.05) is 13.7 Å². The summed E-state index contributed by atoms with van der Waals surface area (Å²) < 4.78 is 5.19. The molecule has 0 aliphatic heterocycles. The predicted octanol–water partition coefficient (Wildman–Crippen LogP) is 4.24. The minimum atomic E-state index is 0.561. The first kappa shape index (κ1) is 16.6. The topological polar surface area (TPSA) is 21.3 Å². The summed E-state index contributed by atoms with van der Waals surface area (Å²) in [5.41, 5.74) is 2.76. The van der Waals surface area contributed by atoms with Crippen LogP contribution in [-0.4, -0.2) is 19.7 Å². The minimum Gasteiger partial charge on any atom is -0.497 e. The molecule has 0 aromatic heterocycles. The van der Waals surface area contributed by atoms with Crippen LogP contribution in [0.4, 0.5) is 0 Å². The van der Waals surface area contributed by atoms with Crippen LogP contribution in [0.15, 0.2) is 54.6 Å². The van der Waals surface area contributed by atoms with Crippen LogP contribution in [0.5, 0.6) is 5.75 Å². The van der Waals surface area contributed by atoms with Gasteiger partial charge in [-0.1, -0.05) is 55.8 Å². The van der Waals surface area contributed by atoms with Gasteiger partial charge in [-0.3, -0.25) is 0 Å². The standard InChI is InChI=1S/C20H27NO/c1-3-7-19(16-18-8-5-4-6-9-18)21-15-14-17-10-12-20(22-2)13-11-17/h4-6,8-13,19,21H,3,7,14-16H2,1-2H3. The molecule has 2 nitrogen and oxygen atoms in total. The van der Waals surface area contributed by atoms with Gasteiger partial charge in [0.25, 0.3) is 0 Å². The third-order valence-corrected chi connectivity index (χ3v) is 3.97. The molecule has 1 atom stereocenters. The second-order valence-corrected chi connectivity index (χ2v) is 5.73. The number of methoxy groups -OCH3 is 1. The SMILES string of the molecule is CCCC(Cc1ccccc1)NCCc1ccc(OC)cc1. The van der Waals surface area contributed by atoms with E-state index in [2.05, 4.69) is 54.7 Å². The van der Waals surface area contributed by atoms with E-state index in [0.29, 0.717) is 6.04 Å². The molecule has 1 N–H and O–H groups in total. The molecule has 0 spiro atoms. The molecule has 0 fully saturated rings. The van der Waals surface area contributed by atoms with E-state index >= 15 is 0 Å². The summed E-state index contributed by atoms with van der Waals surface area (Å²) in [7, 11) is 1.70. The zero-order valence-electron chi connectivity index (χ0n) is 13.7. The maximum Gasteiger partial charge on any atom is 0.118 e. The van der Waals surface area contributed by atoms with Gasteiger partial charge in [-0.15, -0.1) is 0 Å². The van der Waals surface area contributed by atoms with E-state index in [0.717, 1.165) is 25.1 Å². The summed E-state index contributed by atoms with van der Waals surface area (Å²) in [5.74, 6) is 0.921. The lowest BCUT2D eigenvalue weighted by atomic mass is 10.0. The van der Waals surface area contributed by atoms with Gasteiger partial charge in [-0.2, -0.15) is 0 Å². The molecule has 0 heterocycles. The van der Waals surface area contributed by atoms with E-state index in [1.54, 1.807) is 7.11 Å². The Balaban J connectivity index is 1.80. The van der Waals surface area contributed by atoms with Crippen LogP contribution in [0, 0.1) is 0 Å². The monoisotopic (exact) mass is 297 g/mol. The predicted molar refractivity (Wildman–Crippen MR) is 93.5 cm³/mol. The van der Waals surface area contributed by atoms with E-state index < -0.39 is 0 Å². The van der Waals surface area contributed by atoms with Crippen molar-refractivity contribution in [1.29, 1.82) is 0 Å². The number of ether oxygens (including phenoxy) is 1. The molecular formula is C20H27NO. The van der Waals surface area contributed by atoms with Gasteiger partial charge in [0.2, 0.25) is 0 Å². The number of nitrogens with one attached hydrogen (secondary N) is 1. The molecule has 118 valence electrons. The average molecular weight is 297 g/mol. The van der Waals surface area contributed by atoms with E-state index in [4.69, 9.17) is 4.74 Å². The molecule has 0 amide bonds. The minimum absolute atomic E-state index is 0.561. The Morgan fingerprint density at radius 1 is 0.955 bits per heavy atom. The van der Waals surface area contributed by atoms with Crippen LogP contribution >= 0.6 is 0 Å². The van der Waals surface area contributed by atoms with Gasteiger partial charge in [0.1, 0.15) is 5.75 Å². The molecule has 0 saturated heterocycles. The van der Waals surface area contributed by atoms with E-state index in [-0.39, 0.29) is 0 Å². The highest BCUT2D eigenvalue weighted by Gasteiger charge is 2.08. The molecular weight excluding hydrogens is 270 g/mol. The second kappa shape index (κ2) is 9.26. The maximum atomic E-state index is 5.19. The average Bonchev–Trinajstić information content (AvgIpc) is 2.56. The van der Waals surface area contributed by atoms with Crippen molar-refractivity contribution in [3.05, 3.63) is 65.7 Å². The zero-order chi connectivity index (χ0) is 15.6. The van der Waals surface area contributed by atoms with E-state index in [1.165, 1.54) is 24.0 Å². The number of rotatable bonds is 9. The number of hydrogen-bond donors (Lipinski definition) is 1. The highest BCUT2D eigenvalue weighted by atomic mass is 16.5. The Morgan fingerprint density at radius 2 is 1.68 bits per heavy atom. The second-order valence-electron chi connectivity index (χ2n) is 5.73. The van der Waals surface area contributed by atoms with Gasteiger partial charge in [0.05, 0.1) is 7.11 Å². The van der Waals surface area contributed by atoms with Crippen LogP contribution in [0.1, 0.15) is 30.9 Å². The lowest BCUT2D eigenvalue weighted by Crippen LogP contribution is -2.32. The fourth-order valence-corrected chi connectivity index (χ4v) is 2.74. The fraction of sp³-hybridized carbons (Fsp3) is 0.400. The van der Waals surface area contributed by atoms with Crippen LogP contribution in [0.3, 0.4) is 0 Å². The summed E-state index contributed by atoms with van der Waals surface area (Å²) in [6.07, 6.45) is 4.60. The van der Waals surface area contributed by atoms with Crippen LogP contribution in [-0.2, 0) is 12.8 Å². The van der Waals surface area contributed by atoms with Gasteiger partial charge in [0.15, 0.2) is 0 Å². The largest absolute Gasteiger partial charge is 0.497 e. The van der Waals surface area contributed by atoms with Crippen molar-refractivity contribution < 1.29 is 4.74 Å². The van der Waals surface area contributed by atoms with Crippen molar-refractivity contribution in [1.82, 2.24) is 5.32 Å². The van der Waals surface area contributed by atoms with Crippen LogP contribution in [0.2, 0.25) is 0 Å². The highest BCUT2D eigenvalue weighted by molar-refractivity contribution is 5.27. The van der Waals surface area contributed by atoms with Crippen molar-refractivity contribution in [2.45, 2.75) is 38.6 Å². The molecule has 2 aromatic carbocycles. The quantitative estimate of drug-likeness (QED) is 0.747. The fourth-order valence-electron chi connectivity index (χ4n) is 2.74. The van der Waals surface area contributed by atoms with Gasteiger partial charge in [-0.25, -0.2) is 0 Å². The van der Waals surface area contributed by atoms with Crippen molar-refractivity contribution in [2.24, 2.45) is 0 Å². The molecule has 2 rings (SSSR count). The van der Waals surface area contributed by atoms with Gasteiger partial charge < -0.3 is 10.1 Å². The van der Waals surface area contributed by atoms with E-state index in [1.807, 2.05) is 12.1 Å². The zero-order valence-corrected chi connectivity index (χ0v) is 13.7. The third kappa shape index (κ3) is 5.53. The maximum absolute atomic E-state index is 5.19. The molecule has 0 aliphatic rings. The lowest BCUT2D eigenvalue weighted by Gasteiger charge is -2.18. The number of benzene rings is 2. The van der Waals surface area contributed by atoms with Gasteiger partial charge in [0, 0.05) is 6.04 Å². The van der Waals surface area contributed by atoms with Gasteiger partial charge in [-0.05, 0) is 49.1 Å². The Bertz CT molecular complexity index is 521. The Labute approximate surface area is 134 Å². The summed E-state index contributed by atoms with van der Waals surface area (Å²) in [6, 6.07) is 19.7. The molecule has 22 heavy (non-hydrogen) atoms. The van der Waals surface area contributed by atoms with Crippen molar-refractivity contribution >= 4 is 0 Å². The first-order valence-corrected chi connectivity index (χ1v) is 8.22. The normalized spacial score (nSPS) is 12.1. The molecule has 2 heteroatoms. The molecule has 2 aromatic rings. The number of hydrogen-bond acceptors (Lipinski definition) is 2. The summed E-state index contributed by atoms with van der Waals surface area (Å²) in [6.45, 7) is 3.27. The van der Waals surface area contributed by atoms with Crippen molar-refractivity contribution in [3.8, 4) is 5.75 Å². The van der Waals surface area contributed by atoms with Crippen molar-refractivity contribution in [3.63, 3.8) is 0 Å². The molecule has 0 bridgehead atoms. The summed E-state index contributed by atoms with van der Waals surface area (Å²) in [4.78, 5) is 0. The third-order valence-electron chi connectivity index (χ3n) is 3.97. The van der Waals surface area contributed by atoms with Crippen LogP contribution < -0.4 is 10.1 Å².